The van der Waals surface area contributed by atoms with Crippen LogP contribution in [0.4, 0.5) is 5.69 Å². The van der Waals surface area contributed by atoms with Crippen molar-refractivity contribution in [3.8, 4) is 0 Å². The Morgan fingerprint density at radius 2 is 1.80 bits per heavy atom. The first kappa shape index (κ1) is 16.4. The summed E-state index contributed by atoms with van der Waals surface area (Å²) < 4.78 is 27.4. The van der Waals surface area contributed by atoms with Gasteiger partial charge in [-0.05, 0) is 37.3 Å². The lowest BCUT2D eigenvalue weighted by atomic mass is 9.95. The maximum atomic E-state index is 13.0. The minimum Gasteiger partial charge on any atom is -0.352 e. The van der Waals surface area contributed by atoms with Crippen molar-refractivity contribution >= 4 is 32.4 Å². The van der Waals surface area contributed by atoms with Crippen molar-refractivity contribution in [1.82, 2.24) is 5.32 Å². The van der Waals surface area contributed by atoms with Gasteiger partial charge < -0.3 is 5.32 Å². The molecule has 5 nitrogen and oxygen atoms in total. The molecule has 1 saturated carbocycles. The summed E-state index contributed by atoms with van der Waals surface area (Å²) in [5.74, 6) is -0.222. The van der Waals surface area contributed by atoms with Crippen molar-refractivity contribution < 1.29 is 13.2 Å². The molecule has 1 aliphatic heterocycles. The molecule has 0 bridgehead atoms. The van der Waals surface area contributed by atoms with E-state index in [2.05, 4.69) is 5.32 Å². The highest BCUT2D eigenvalue weighted by atomic mass is 32.2. The Hall–Kier alpha value is -2.08. The molecule has 0 radical (unpaired) electrons. The molecule has 1 unspecified atom stereocenters. The van der Waals surface area contributed by atoms with Gasteiger partial charge in [0.25, 0.3) is 10.0 Å². The molecule has 1 heterocycles. The summed E-state index contributed by atoms with van der Waals surface area (Å²) in [4.78, 5) is 13.0. The van der Waals surface area contributed by atoms with E-state index in [1.807, 2.05) is 18.2 Å². The van der Waals surface area contributed by atoms with Crippen LogP contribution in [0.2, 0.25) is 0 Å². The number of hydrogen-bond donors (Lipinski definition) is 1. The van der Waals surface area contributed by atoms with Crippen molar-refractivity contribution in [2.45, 2.75) is 56.0 Å². The average Bonchev–Trinajstić information content (AvgIpc) is 2.84. The summed E-state index contributed by atoms with van der Waals surface area (Å²) in [6.07, 6.45) is 5.39. The molecule has 0 saturated heterocycles. The van der Waals surface area contributed by atoms with Gasteiger partial charge in [0.2, 0.25) is 5.91 Å². The Bertz CT molecular complexity index is 928. The molecular formula is C19H22N2O3S. The number of hydrogen-bond acceptors (Lipinski definition) is 3. The van der Waals surface area contributed by atoms with E-state index in [0.717, 1.165) is 31.1 Å². The van der Waals surface area contributed by atoms with Crippen LogP contribution in [-0.2, 0) is 14.8 Å². The van der Waals surface area contributed by atoms with Crippen LogP contribution in [-0.4, -0.2) is 26.4 Å². The lowest BCUT2D eigenvalue weighted by Gasteiger charge is -2.29. The Morgan fingerprint density at radius 3 is 2.52 bits per heavy atom. The normalized spacial score (nSPS) is 20.6. The maximum absolute atomic E-state index is 13.0. The Morgan fingerprint density at radius 1 is 1.12 bits per heavy atom. The van der Waals surface area contributed by atoms with Crippen LogP contribution in [0.15, 0.2) is 41.3 Å². The second-order valence-electron chi connectivity index (χ2n) is 6.95. The van der Waals surface area contributed by atoms with Crippen LogP contribution in [0.5, 0.6) is 0 Å². The van der Waals surface area contributed by atoms with Gasteiger partial charge in [0.05, 0.1) is 10.6 Å². The van der Waals surface area contributed by atoms with Crippen molar-refractivity contribution in [1.29, 1.82) is 0 Å². The van der Waals surface area contributed by atoms with Crippen LogP contribution in [0.3, 0.4) is 0 Å². The third-order valence-electron chi connectivity index (χ3n) is 5.30. The molecular weight excluding hydrogens is 336 g/mol. The Kier molecular flexibility index (Phi) is 3.95. The number of nitrogens with zero attached hydrogens (tertiary/aromatic N) is 1. The van der Waals surface area contributed by atoms with Gasteiger partial charge in [-0.1, -0.05) is 43.5 Å². The summed E-state index contributed by atoms with van der Waals surface area (Å²) in [5.41, 5.74) is 0.597. The highest BCUT2D eigenvalue weighted by Crippen LogP contribution is 2.43. The fraction of sp³-hybridized carbons (Fsp3) is 0.421. The molecule has 4 rings (SSSR count). The molecule has 0 spiro atoms. The number of amides is 1. The zero-order chi connectivity index (χ0) is 17.6. The van der Waals surface area contributed by atoms with E-state index in [1.165, 1.54) is 10.7 Å². The second-order valence-corrected chi connectivity index (χ2v) is 8.74. The molecule has 6 heteroatoms. The van der Waals surface area contributed by atoms with E-state index in [1.54, 1.807) is 25.1 Å². The first-order valence-electron chi connectivity index (χ1n) is 8.87. The molecule has 1 N–H and O–H groups in total. The molecule has 132 valence electrons. The van der Waals surface area contributed by atoms with Crippen LogP contribution < -0.4 is 9.62 Å². The SMILES string of the molecule is CC(C(=O)NC1CCCCC1)N1c2cccc3cccc(c23)S1(=O)=O. The predicted octanol–water partition coefficient (Wildman–Crippen LogP) is 3.19. The highest BCUT2D eigenvalue weighted by Gasteiger charge is 2.41. The van der Waals surface area contributed by atoms with Crippen LogP contribution in [0.1, 0.15) is 39.0 Å². The molecule has 2 aromatic carbocycles. The predicted molar refractivity (Wildman–Crippen MR) is 98.1 cm³/mol. The number of sulfonamides is 1. The minimum absolute atomic E-state index is 0.159. The molecule has 2 aromatic rings. The van der Waals surface area contributed by atoms with Crippen molar-refractivity contribution in [2.24, 2.45) is 0 Å². The van der Waals surface area contributed by atoms with E-state index < -0.39 is 16.1 Å². The number of anilines is 1. The fourth-order valence-corrected chi connectivity index (χ4v) is 5.88. The van der Waals surface area contributed by atoms with E-state index in [0.29, 0.717) is 11.1 Å². The molecule has 1 aliphatic carbocycles. The fourth-order valence-electron chi connectivity index (χ4n) is 4.01. The molecule has 2 aliphatic rings. The standard InChI is InChI=1S/C19H22N2O3S/c1-13(19(22)20-15-9-3-2-4-10-15)21-16-11-5-7-14-8-6-12-17(18(14)16)25(21,23)24/h5-8,11-13,15H,2-4,9-10H2,1H3,(H,20,22). The number of carbonyl (C=O) groups is 1. The zero-order valence-corrected chi connectivity index (χ0v) is 15.1. The average molecular weight is 358 g/mol. The molecule has 25 heavy (non-hydrogen) atoms. The van der Waals surface area contributed by atoms with Gasteiger partial charge in [-0.2, -0.15) is 0 Å². The zero-order valence-electron chi connectivity index (χ0n) is 14.2. The minimum atomic E-state index is -3.71. The lowest BCUT2D eigenvalue weighted by molar-refractivity contribution is -0.122. The van der Waals surface area contributed by atoms with Crippen LogP contribution in [0, 0.1) is 0 Å². The van der Waals surface area contributed by atoms with Gasteiger partial charge in [-0.3, -0.25) is 9.10 Å². The van der Waals surface area contributed by atoms with E-state index in [4.69, 9.17) is 0 Å². The van der Waals surface area contributed by atoms with Crippen LogP contribution in [0.25, 0.3) is 10.8 Å². The summed E-state index contributed by atoms with van der Waals surface area (Å²) >= 11 is 0. The summed E-state index contributed by atoms with van der Waals surface area (Å²) in [5, 5.41) is 4.63. The Balaban J connectivity index is 1.68. The number of benzene rings is 2. The maximum Gasteiger partial charge on any atom is 0.265 e. The third-order valence-corrected chi connectivity index (χ3v) is 7.23. The van der Waals surface area contributed by atoms with E-state index in [9.17, 15) is 13.2 Å². The van der Waals surface area contributed by atoms with Crippen molar-refractivity contribution in [2.75, 3.05) is 4.31 Å². The molecule has 0 aromatic heterocycles. The first-order chi connectivity index (χ1) is 12.0. The molecule has 1 fully saturated rings. The van der Waals surface area contributed by atoms with Gasteiger partial charge in [0.1, 0.15) is 6.04 Å². The van der Waals surface area contributed by atoms with E-state index in [-0.39, 0.29) is 16.8 Å². The smallest absolute Gasteiger partial charge is 0.265 e. The summed E-state index contributed by atoms with van der Waals surface area (Å²) in [6.45, 7) is 1.67. The third kappa shape index (κ3) is 2.59. The van der Waals surface area contributed by atoms with Gasteiger partial charge in [0.15, 0.2) is 0 Å². The lowest BCUT2D eigenvalue weighted by Crippen LogP contribution is -2.49. The summed E-state index contributed by atoms with van der Waals surface area (Å²) in [7, 11) is -3.71. The Labute approximate surface area is 148 Å². The van der Waals surface area contributed by atoms with Gasteiger partial charge >= 0.3 is 0 Å². The summed E-state index contributed by atoms with van der Waals surface area (Å²) in [6, 6.07) is 10.2. The quantitative estimate of drug-likeness (QED) is 0.916. The van der Waals surface area contributed by atoms with E-state index >= 15 is 0 Å². The molecule has 1 atom stereocenters. The number of nitrogens with one attached hydrogen (secondary N) is 1. The second kappa shape index (κ2) is 6.02. The van der Waals surface area contributed by atoms with Gasteiger partial charge in [-0.25, -0.2) is 8.42 Å². The molecule has 1 amide bonds. The number of rotatable bonds is 3. The van der Waals surface area contributed by atoms with Crippen molar-refractivity contribution in [3.05, 3.63) is 36.4 Å². The monoisotopic (exact) mass is 358 g/mol. The highest BCUT2D eigenvalue weighted by molar-refractivity contribution is 7.93. The van der Waals surface area contributed by atoms with Crippen LogP contribution >= 0.6 is 0 Å². The topological polar surface area (TPSA) is 66.5 Å². The van der Waals surface area contributed by atoms with Gasteiger partial charge in [-0.15, -0.1) is 0 Å². The number of carbonyl (C=O) groups excluding carboxylic acids is 1. The van der Waals surface area contributed by atoms with Crippen molar-refractivity contribution in [3.63, 3.8) is 0 Å². The largest absolute Gasteiger partial charge is 0.352 e. The first-order valence-corrected chi connectivity index (χ1v) is 10.3. The van der Waals surface area contributed by atoms with Gasteiger partial charge in [0, 0.05) is 11.4 Å².